The van der Waals surface area contributed by atoms with E-state index in [0.717, 1.165) is 64.4 Å². The van der Waals surface area contributed by atoms with Gasteiger partial charge in [-0.25, -0.2) is 0 Å². The lowest BCUT2D eigenvalue weighted by Crippen LogP contribution is -2.60. The molecule has 2 N–H and O–H groups in total. The molecule has 5 rings (SSSR count). The fourth-order valence-corrected chi connectivity index (χ4v) is 7.15. The third kappa shape index (κ3) is 2.93. The SMILES string of the molecule is CC12CC3CC(C)(C1)CC(C(=O)NCCN1CCNCC1)(C3)C2. The average molecular weight is 319 g/mol. The zero-order valence-corrected chi connectivity index (χ0v) is 14.9. The zero-order chi connectivity index (χ0) is 16.1. The first-order chi connectivity index (χ1) is 10.9. The Morgan fingerprint density at radius 1 is 1.09 bits per heavy atom. The van der Waals surface area contributed by atoms with E-state index in [-0.39, 0.29) is 5.41 Å². The first kappa shape index (κ1) is 15.9. The minimum Gasteiger partial charge on any atom is -0.354 e. The van der Waals surface area contributed by atoms with Crippen LogP contribution < -0.4 is 10.6 Å². The van der Waals surface area contributed by atoms with E-state index in [9.17, 15) is 4.79 Å². The number of nitrogens with zero attached hydrogens (tertiary/aromatic N) is 1. The Morgan fingerprint density at radius 3 is 2.35 bits per heavy atom. The van der Waals surface area contributed by atoms with Crippen molar-refractivity contribution in [1.82, 2.24) is 15.5 Å². The van der Waals surface area contributed by atoms with E-state index >= 15 is 0 Å². The van der Waals surface area contributed by atoms with Crippen LogP contribution in [0.4, 0.5) is 0 Å². The van der Waals surface area contributed by atoms with Crippen molar-refractivity contribution in [3.05, 3.63) is 0 Å². The number of carbonyl (C=O) groups is 1. The van der Waals surface area contributed by atoms with Gasteiger partial charge in [0.25, 0.3) is 0 Å². The van der Waals surface area contributed by atoms with Gasteiger partial charge in [0.05, 0.1) is 5.41 Å². The van der Waals surface area contributed by atoms with Crippen LogP contribution in [0.25, 0.3) is 0 Å². The zero-order valence-electron chi connectivity index (χ0n) is 14.9. The monoisotopic (exact) mass is 319 g/mol. The maximum Gasteiger partial charge on any atom is 0.226 e. The van der Waals surface area contributed by atoms with Crippen molar-refractivity contribution in [1.29, 1.82) is 0 Å². The van der Waals surface area contributed by atoms with Crippen LogP contribution in [0.1, 0.15) is 52.4 Å². The second kappa shape index (κ2) is 5.45. The number of rotatable bonds is 4. The molecule has 0 aromatic rings. The van der Waals surface area contributed by atoms with Gasteiger partial charge < -0.3 is 10.6 Å². The molecule has 2 unspecified atom stereocenters. The van der Waals surface area contributed by atoms with Crippen molar-refractivity contribution in [3.8, 4) is 0 Å². The van der Waals surface area contributed by atoms with Crippen LogP contribution in [-0.2, 0) is 4.79 Å². The number of nitrogens with one attached hydrogen (secondary N) is 2. The predicted octanol–water partition coefficient (Wildman–Crippen LogP) is 2.00. The van der Waals surface area contributed by atoms with Crippen molar-refractivity contribution in [2.75, 3.05) is 39.3 Å². The Balaban J connectivity index is 1.38. The summed E-state index contributed by atoms with van der Waals surface area (Å²) in [6.45, 7) is 11.1. The maximum absolute atomic E-state index is 13.1. The van der Waals surface area contributed by atoms with Crippen molar-refractivity contribution < 1.29 is 4.79 Å². The van der Waals surface area contributed by atoms with Gasteiger partial charge >= 0.3 is 0 Å². The van der Waals surface area contributed by atoms with Gasteiger partial charge in [-0.1, -0.05) is 13.8 Å². The highest BCUT2D eigenvalue weighted by Crippen LogP contribution is 2.69. The number of amides is 1. The van der Waals surface area contributed by atoms with Gasteiger partial charge in [0, 0.05) is 39.3 Å². The molecule has 1 heterocycles. The van der Waals surface area contributed by atoms with E-state index in [0.29, 0.717) is 16.7 Å². The molecule has 4 nitrogen and oxygen atoms in total. The molecule has 4 aliphatic carbocycles. The molecule has 130 valence electrons. The van der Waals surface area contributed by atoms with Crippen LogP contribution in [0, 0.1) is 22.2 Å². The van der Waals surface area contributed by atoms with Crippen LogP contribution in [0.2, 0.25) is 0 Å². The second-order valence-corrected chi connectivity index (χ2v) is 9.76. The highest BCUT2D eigenvalue weighted by Gasteiger charge is 2.62. The molecule has 0 radical (unpaired) electrons. The quantitative estimate of drug-likeness (QED) is 0.833. The van der Waals surface area contributed by atoms with Gasteiger partial charge in [0.2, 0.25) is 5.91 Å². The molecule has 4 bridgehead atoms. The third-order valence-electron chi connectivity index (χ3n) is 7.03. The lowest BCUT2D eigenvalue weighted by Gasteiger charge is -2.64. The van der Waals surface area contributed by atoms with Crippen molar-refractivity contribution in [2.45, 2.75) is 52.4 Å². The van der Waals surface area contributed by atoms with Gasteiger partial charge in [0.15, 0.2) is 0 Å². The average Bonchev–Trinajstić information content (AvgIpc) is 2.44. The first-order valence-electron chi connectivity index (χ1n) is 9.62. The fourth-order valence-electron chi connectivity index (χ4n) is 7.15. The molecular formula is C19H33N3O. The maximum atomic E-state index is 13.1. The topological polar surface area (TPSA) is 44.4 Å². The molecule has 0 aromatic carbocycles. The number of hydrogen-bond donors (Lipinski definition) is 2. The number of carbonyl (C=O) groups excluding carboxylic acids is 1. The summed E-state index contributed by atoms with van der Waals surface area (Å²) in [4.78, 5) is 15.5. The molecule has 4 saturated carbocycles. The standard InChI is InChI=1S/C19H33N3O/c1-17-9-15-10-18(2,12-17)14-19(11-15,13-17)16(23)21-5-8-22-6-3-20-4-7-22/h15,20H,3-14H2,1-2H3,(H,21,23). The minimum atomic E-state index is -0.0492. The summed E-state index contributed by atoms with van der Waals surface area (Å²) in [5.41, 5.74) is 0.792. The number of piperazine rings is 1. The lowest BCUT2D eigenvalue weighted by atomic mass is 9.40. The van der Waals surface area contributed by atoms with E-state index < -0.39 is 0 Å². The van der Waals surface area contributed by atoms with E-state index in [1.807, 2.05) is 0 Å². The Labute approximate surface area is 140 Å². The Kier molecular flexibility index (Phi) is 3.77. The van der Waals surface area contributed by atoms with Gasteiger partial charge in [-0.2, -0.15) is 0 Å². The minimum absolute atomic E-state index is 0.0492. The summed E-state index contributed by atoms with van der Waals surface area (Å²) in [6.07, 6.45) is 7.47. The lowest BCUT2D eigenvalue weighted by molar-refractivity contribution is -0.170. The van der Waals surface area contributed by atoms with Crippen LogP contribution in [0.15, 0.2) is 0 Å². The van der Waals surface area contributed by atoms with Gasteiger partial charge in [-0.15, -0.1) is 0 Å². The molecule has 5 aliphatic rings. The van der Waals surface area contributed by atoms with Gasteiger partial charge in [-0.05, 0) is 55.3 Å². The highest BCUT2D eigenvalue weighted by molar-refractivity contribution is 5.83. The largest absolute Gasteiger partial charge is 0.354 e. The first-order valence-corrected chi connectivity index (χ1v) is 9.62. The van der Waals surface area contributed by atoms with Crippen molar-refractivity contribution in [2.24, 2.45) is 22.2 Å². The molecule has 1 saturated heterocycles. The fraction of sp³-hybridized carbons (Fsp3) is 0.947. The molecule has 2 atom stereocenters. The smallest absolute Gasteiger partial charge is 0.226 e. The van der Waals surface area contributed by atoms with Gasteiger partial charge in [0.1, 0.15) is 0 Å². The molecule has 0 spiro atoms. The predicted molar refractivity (Wildman–Crippen MR) is 92.2 cm³/mol. The highest BCUT2D eigenvalue weighted by atomic mass is 16.2. The molecule has 0 aromatic heterocycles. The van der Waals surface area contributed by atoms with E-state index in [1.165, 1.54) is 19.3 Å². The van der Waals surface area contributed by atoms with Crippen LogP contribution in [0.5, 0.6) is 0 Å². The van der Waals surface area contributed by atoms with Crippen molar-refractivity contribution >= 4 is 5.91 Å². The van der Waals surface area contributed by atoms with Gasteiger partial charge in [-0.3, -0.25) is 9.69 Å². The van der Waals surface area contributed by atoms with Crippen molar-refractivity contribution in [3.63, 3.8) is 0 Å². The normalized spacial score (nSPS) is 46.1. The molecular weight excluding hydrogens is 286 g/mol. The molecule has 4 heteroatoms. The molecule has 1 aliphatic heterocycles. The number of hydrogen-bond acceptors (Lipinski definition) is 3. The second-order valence-electron chi connectivity index (χ2n) is 9.76. The summed E-state index contributed by atoms with van der Waals surface area (Å²) in [6, 6.07) is 0. The van der Waals surface area contributed by atoms with Crippen LogP contribution in [0.3, 0.4) is 0 Å². The Morgan fingerprint density at radius 2 is 1.74 bits per heavy atom. The van der Waals surface area contributed by atoms with Crippen LogP contribution >= 0.6 is 0 Å². The molecule has 23 heavy (non-hydrogen) atoms. The summed E-state index contributed by atoms with van der Waals surface area (Å²) in [7, 11) is 0. The van der Waals surface area contributed by atoms with Crippen LogP contribution in [-0.4, -0.2) is 50.1 Å². The van der Waals surface area contributed by atoms with E-state index in [2.05, 4.69) is 29.4 Å². The Bertz CT molecular complexity index is 467. The van der Waals surface area contributed by atoms with E-state index in [4.69, 9.17) is 0 Å². The summed E-state index contributed by atoms with van der Waals surface area (Å²) >= 11 is 0. The Hall–Kier alpha value is -0.610. The summed E-state index contributed by atoms with van der Waals surface area (Å²) in [5, 5.41) is 6.70. The summed E-state index contributed by atoms with van der Waals surface area (Å²) < 4.78 is 0. The molecule has 5 fully saturated rings. The third-order valence-corrected chi connectivity index (χ3v) is 7.03. The molecule has 1 amide bonds. The summed E-state index contributed by atoms with van der Waals surface area (Å²) in [5.74, 6) is 1.16. The van der Waals surface area contributed by atoms with E-state index in [1.54, 1.807) is 0 Å².